The molecule has 0 spiro atoms. The highest BCUT2D eigenvalue weighted by Gasteiger charge is 2.22. The summed E-state index contributed by atoms with van der Waals surface area (Å²) in [4.78, 5) is 12.7. The van der Waals surface area contributed by atoms with Crippen molar-refractivity contribution in [1.29, 1.82) is 0 Å². The highest BCUT2D eigenvalue weighted by atomic mass is 35.7. The normalized spacial score (nSPS) is 14.0. The minimum absolute atomic E-state index is 0.0270. The maximum absolute atomic E-state index is 11.8. The number of hydrogen-bond acceptors (Lipinski definition) is 4. The van der Waals surface area contributed by atoms with Crippen molar-refractivity contribution in [3.05, 3.63) is 17.0 Å². The lowest BCUT2D eigenvalue weighted by atomic mass is 9.80. The molecule has 1 heterocycles. The molecule has 1 rings (SSSR count). The van der Waals surface area contributed by atoms with Crippen LogP contribution in [0.15, 0.2) is 16.3 Å². The van der Waals surface area contributed by atoms with E-state index in [1.807, 2.05) is 0 Å². The molecule has 120 valence electrons. The van der Waals surface area contributed by atoms with E-state index in [1.54, 1.807) is 6.07 Å². The van der Waals surface area contributed by atoms with Crippen LogP contribution in [0.25, 0.3) is 0 Å². The van der Waals surface area contributed by atoms with Crippen LogP contribution in [0.1, 0.15) is 39.0 Å². The first-order valence-corrected chi connectivity index (χ1v) is 9.93. The van der Waals surface area contributed by atoms with Gasteiger partial charge < -0.3 is 5.32 Å². The van der Waals surface area contributed by atoms with Gasteiger partial charge in [-0.1, -0.05) is 27.7 Å². The van der Waals surface area contributed by atoms with Crippen LogP contribution in [0.2, 0.25) is 0 Å². The fourth-order valence-electron chi connectivity index (χ4n) is 1.61. The van der Waals surface area contributed by atoms with Crippen LogP contribution in [0.4, 0.5) is 0 Å². The van der Waals surface area contributed by atoms with E-state index < -0.39 is 9.05 Å². The van der Waals surface area contributed by atoms with Gasteiger partial charge in [0.2, 0.25) is 5.91 Å². The van der Waals surface area contributed by atoms with Crippen molar-refractivity contribution in [2.75, 3.05) is 6.54 Å². The van der Waals surface area contributed by atoms with Gasteiger partial charge in [-0.25, -0.2) is 8.42 Å². The molecule has 0 saturated carbocycles. The zero-order chi connectivity index (χ0) is 16.3. The van der Waals surface area contributed by atoms with Crippen molar-refractivity contribution < 1.29 is 13.2 Å². The summed E-state index contributed by atoms with van der Waals surface area (Å²) in [5.74, 6) is 0.325. The van der Waals surface area contributed by atoms with Crippen LogP contribution >= 0.6 is 22.0 Å². The van der Waals surface area contributed by atoms with E-state index in [0.717, 1.165) is 16.2 Å². The average Bonchev–Trinajstić information content (AvgIpc) is 2.76. The third-order valence-electron chi connectivity index (χ3n) is 3.54. The van der Waals surface area contributed by atoms with E-state index in [9.17, 15) is 13.2 Å². The van der Waals surface area contributed by atoms with E-state index >= 15 is 0 Å². The summed E-state index contributed by atoms with van der Waals surface area (Å²) < 4.78 is 22.4. The summed E-state index contributed by atoms with van der Waals surface area (Å²) in [6.07, 6.45) is 1.10. The number of thiophene rings is 1. The van der Waals surface area contributed by atoms with E-state index in [4.69, 9.17) is 10.7 Å². The summed E-state index contributed by atoms with van der Waals surface area (Å²) in [6.45, 7) is 8.91. The van der Waals surface area contributed by atoms with Gasteiger partial charge in [-0.05, 0) is 29.9 Å². The monoisotopic (exact) mass is 351 g/mol. The quantitative estimate of drug-likeness (QED) is 0.799. The van der Waals surface area contributed by atoms with Gasteiger partial charge in [0.05, 0.1) is 0 Å². The molecule has 0 fully saturated rings. The highest BCUT2D eigenvalue weighted by Crippen LogP contribution is 2.28. The standard InChI is InChI=1S/C14H22ClNO3S2/c1-10(14(2,3)4)9-12(17)16-8-7-11-5-6-13(20-11)21(15,18)19/h5-6,10H,7-9H2,1-4H3,(H,16,17). The Kier molecular flexibility index (Phi) is 6.25. The Morgan fingerprint density at radius 1 is 1.38 bits per heavy atom. The van der Waals surface area contributed by atoms with Crippen molar-refractivity contribution in [1.82, 2.24) is 5.32 Å². The summed E-state index contributed by atoms with van der Waals surface area (Å²) >= 11 is 1.14. The molecule has 4 nitrogen and oxygen atoms in total. The molecule has 7 heteroatoms. The fourth-order valence-corrected chi connectivity index (χ4v) is 3.73. The van der Waals surface area contributed by atoms with Gasteiger partial charge in [-0.3, -0.25) is 4.79 Å². The molecule has 1 aromatic rings. The molecule has 1 unspecified atom stereocenters. The number of nitrogens with one attached hydrogen (secondary N) is 1. The minimum atomic E-state index is -3.65. The zero-order valence-electron chi connectivity index (χ0n) is 12.8. The van der Waals surface area contributed by atoms with Crippen LogP contribution in [-0.4, -0.2) is 20.9 Å². The molecule has 1 aromatic heterocycles. The molecule has 1 N–H and O–H groups in total. The molecule has 0 aromatic carbocycles. The van der Waals surface area contributed by atoms with Gasteiger partial charge in [0, 0.05) is 28.5 Å². The maximum atomic E-state index is 11.8. The van der Waals surface area contributed by atoms with Crippen LogP contribution < -0.4 is 5.32 Å². The Hall–Kier alpha value is -0.590. The molecule has 0 saturated heterocycles. The van der Waals surface area contributed by atoms with Gasteiger partial charge in [-0.2, -0.15) is 0 Å². The summed E-state index contributed by atoms with van der Waals surface area (Å²) in [7, 11) is 1.62. The fraction of sp³-hybridized carbons (Fsp3) is 0.643. The van der Waals surface area contributed by atoms with Crippen molar-refractivity contribution in [2.45, 2.75) is 44.7 Å². The van der Waals surface area contributed by atoms with Crippen molar-refractivity contribution in [3.8, 4) is 0 Å². The average molecular weight is 352 g/mol. The summed E-state index contributed by atoms with van der Waals surface area (Å²) in [5.41, 5.74) is 0.106. The Bertz CT molecular complexity index is 588. The van der Waals surface area contributed by atoms with Gasteiger partial charge >= 0.3 is 0 Å². The number of amides is 1. The molecule has 0 bridgehead atoms. The topological polar surface area (TPSA) is 63.2 Å². The first kappa shape index (κ1) is 18.5. The third kappa shape index (κ3) is 6.36. The molecule has 21 heavy (non-hydrogen) atoms. The molecule has 0 aliphatic rings. The second-order valence-corrected chi connectivity index (χ2v) is 10.2. The van der Waals surface area contributed by atoms with Crippen molar-refractivity contribution >= 4 is 37.0 Å². The van der Waals surface area contributed by atoms with E-state index in [2.05, 4.69) is 33.0 Å². The lowest BCUT2D eigenvalue weighted by Crippen LogP contribution is -2.30. The van der Waals surface area contributed by atoms with Gasteiger partial charge in [0.15, 0.2) is 0 Å². The van der Waals surface area contributed by atoms with Crippen LogP contribution in [0, 0.1) is 11.3 Å². The summed E-state index contributed by atoms with van der Waals surface area (Å²) in [5, 5.41) is 2.87. The smallest absolute Gasteiger partial charge is 0.270 e. The largest absolute Gasteiger partial charge is 0.356 e. The number of carbonyl (C=O) groups is 1. The Morgan fingerprint density at radius 2 is 2.00 bits per heavy atom. The SMILES string of the molecule is CC(CC(=O)NCCc1ccc(S(=O)(=O)Cl)s1)C(C)(C)C. The number of hydrogen-bond donors (Lipinski definition) is 1. The number of halogens is 1. The van der Waals surface area contributed by atoms with Gasteiger partial charge in [0.1, 0.15) is 4.21 Å². The minimum Gasteiger partial charge on any atom is -0.356 e. The van der Waals surface area contributed by atoms with Crippen molar-refractivity contribution in [2.24, 2.45) is 11.3 Å². The van der Waals surface area contributed by atoms with E-state index in [0.29, 0.717) is 25.3 Å². The predicted octanol–water partition coefficient (Wildman–Crippen LogP) is 3.41. The Balaban J connectivity index is 2.40. The highest BCUT2D eigenvalue weighted by molar-refractivity contribution is 8.15. The number of carbonyl (C=O) groups excluding carboxylic acids is 1. The molecular formula is C14H22ClNO3S2. The first-order chi connectivity index (χ1) is 9.50. The maximum Gasteiger partial charge on any atom is 0.270 e. The van der Waals surface area contributed by atoms with Gasteiger partial charge in [0.25, 0.3) is 9.05 Å². The molecule has 1 amide bonds. The van der Waals surface area contributed by atoms with E-state index in [1.165, 1.54) is 6.07 Å². The second-order valence-electron chi connectivity index (χ2n) is 6.23. The summed E-state index contributed by atoms with van der Waals surface area (Å²) in [6, 6.07) is 3.22. The lowest BCUT2D eigenvalue weighted by Gasteiger charge is -2.26. The molecule has 1 atom stereocenters. The predicted molar refractivity (Wildman–Crippen MR) is 87.3 cm³/mol. The van der Waals surface area contributed by atoms with Crippen LogP contribution in [0.5, 0.6) is 0 Å². The van der Waals surface area contributed by atoms with E-state index in [-0.39, 0.29) is 15.5 Å². The molecule has 0 aliphatic heterocycles. The second kappa shape index (κ2) is 7.11. The third-order valence-corrected chi connectivity index (χ3v) is 6.78. The van der Waals surface area contributed by atoms with Crippen molar-refractivity contribution in [3.63, 3.8) is 0 Å². The molecule has 0 aliphatic carbocycles. The Labute approximate surface area is 135 Å². The van der Waals surface area contributed by atoms with Crippen LogP contribution in [0.3, 0.4) is 0 Å². The molecule has 0 radical (unpaired) electrons. The molecular weight excluding hydrogens is 330 g/mol. The lowest BCUT2D eigenvalue weighted by molar-refractivity contribution is -0.122. The first-order valence-electron chi connectivity index (χ1n) is 6.80. The van der Waals surface area contributed by atoms with Gasteiger partial charge in [-0.15, -0.1) is 11.3 Å². The zero-order valence-corrected chi connectivity index (χ0v) is 15.2. The van der Waals surface area contributed by atoms with Crippen LogP contribution in [-0.2, 0) is 20.3 Å². The Morgan fingerprint density at radius 3 is 2.48 bits per heavy atom. The number of rotatable bonds is 6.